The molecule has 1 atom stereocenters. The highest BCUT2D eigenvalue weighted by atomic mass is 16.3. The zero-order chi connectivity index (χ0) is 14.4. The fourth-order valence-electron chi connectivity index (χ4n) is 2.05. The Morgan fingerprint density at radius 3 is 2.80 bits per heavy atom. The molecule has 0 saturated heterocycles. The number of furan rings is 1. The first kappa shape index (κ1) is 14.4. The van der Waals surface area contributed by atoms with Crippen molar-refractivity contribution in [3.05, 3.63) is 36.0 Å². The van der Waals surface area contributed by atoms with Crippen molar-refractivity contribution in [1.82, 2.24) is 9.97 Å². The lowest BCUT2D eigenvalue weighted by molar-refractivity contribution is 0.495. The van der Waals surface area contributed by atoms with Gasteiger partial charge in [0.2, 0.25) is 0 Å². The lowest BCUT2D eigenvalue weighted by Gasteiger charge is -2.15. The van der Waals surface area contributed by atoms with Crippen LogP contribution in [0.25, 0.3) is 0 Å². The molecule has 0 saturated carbocycles. The van der Waals surface area contributed by atoms with Gasteiger partial charge >= 0.3 is 0 Å². The van der Waals surface area contributed by atoms with Crippen LogP contribution in [0.1, 0.15) is 31.9 Å². The van der Waals surface area contributed by atoms with Gasteiger partial charge in [-0.25, -0.2) is 9.97 Å². The summed E-state index contributed by atoms with van der Waals surface area (Å²) in [6, 6.07) is 6.19. The molecule has 2 aromatic heterocycles. The fourth-order valence-corrected chi connectivity index (χ4v) is 2.05. The Labute approximate surface area is 119 Å². The maximum absolute atomic E-state index is 5.34. The molecular weight excluding hydrogens is 252 g/mol. The van der Waals surface area contributed by atoms with Gasteiger partial charge in [0.25, 0.3) is 0 Å². The standard InChI is InChI=1S/C15H22N4O/c1-4-16-14-10-15(19-12(3)18-14)17-11(2)7-8-13-6-5-9-20-13/h5-6,9-11H,4,7-8H2,1-3H3,(H2,16,17,18,19). The first-order valence-corrected chi connectivity index (χ1v) is 7.06. The van der Waals surface area contributed by atoms with Crippen LogP contribution in [-0.4, -0.2) is 22.6 Å². The molecule has 2 aromatic rings. The van der Waals surface area contributed by atoms with Crippen molar-refractivity contribution in [3.8, 4) is 0 Å². The van der Waals surface area contributed by atoms with Crippen LogP contribution in [0.4, 0.5) is 11.6 Å². The van der Waals surface area contributed by atoms with Crippen LogP contribution < -0.4 is 10.6 Å². The molecule has 0 radical (unpaired) electrons. The smallest absolute Gasteiger partial charge is 0.132 e. The summed E-state index contributed by atoms with van der Waals surface area (Å²) in [6.45, 7) is 6.95. The first-order chi connectivity index (χ1) is 9.67. The van der Waals surface area contributed by atoms with Gasteiger partial charge in [-0.05, 0) is 39.3 Å². The minimum atomic E-state index is 0.323. The monoisotopic (exact) mass is 274 g/mol. The Kier molecular flexibility index (Phi) is 4.98. The maximum Gasteiger partial charge on any atom is 0.132 e. The number of rotatable bonds is 7. The van der Waals surface area contributed by atoms with E-state index in [1.165, 1.54) is 0 Å². The predicted molar refractivity (Wildman–Crippen MR) is 81.0 cm³/mol. The van der Waals surface area contributed by atoms with Gasteiger partial charge in [-0.3, -0.25) is 0 Å². The summed E-state index contributed by atoms with van der Waals surface area (Å²) in [5, 5.41) is 6.62. The summed E-state index contributed by atoms with van der Waals surface area (Å²) in [4.78, 5) is 8.76. The van der Waals surface area contributed by atoms with Crippen LogP contribution in [0.2, 0.25) is 0 Å². The number of hydrogen-bond donors (Lipinski definition) is 2. The largest absolute Gasteiger partial charge is 0.469 e. The average Bonchev–Trinajstić information content (AvgIpc) is 2.89. The Morgan fingerprint density at radius 2 is 2.10 bits per heavy atom. The quantitative estimate of drug-likeness (QED) is 0.811. The number of hydrogen-bond acceptors (Lipinski definition) is 5. The van der Waals surface area contributed by atoms with Crippen molar-refractivity contribution in [2.75, 3.05) is 17.2 Å². The molecular formula is C15H22N4O. The number of aryl methyl sites for hydroxylation is 2. The van der Waals surface area contributed by atoms with Crippen molar-refractivity contribution in [3.63, 3.8) is 0 Å². The molecule has 5 heteroatoms. The summed E-state index contributed by atoms with van der Waals surface area (Å²) in [5.41, 5.74) is 0. The molecule has 108 valence electrons. The second-order valence-electron chi connectivity index (χ2n) is 4.88. The molecule has 1 unspecified atom stereocenters. The van der Waals surface area contributed by atoms with E-state index >= 15 is 0 Å². The highest BCUT2D eigenvalue weighted by Crippen LogP contribution is 2.14. The molecule has 2 N–H and O–H groups in total. The van der Waals surface area contributed by atoms with Crippen LogP contribution in [0.5, 0.6) is 0 Å². The lowest BCUT2D eigenvalue weighted by Crippen LogP contribution is -2.17. The highest BCUT2D eigenvalue weighted by Gasteiger charge is 2.07. The molecule has 0 fully saturated rings. The van der Waals surface area contributed by atoms with Crippen molar-refractivity contribution < 1.29 is 4.42 Å². The average molecular weight is 274 g/mol. The van der Waals surface area contributed by atoms with Crippen LogP contribution in [0, 0.1) is 6.92 Å². The third-order valence-corrected chi connectivity index (χ3v) is 2.99. The molecule has 0 spiro atoms. The van der Waals surface area contributed by atoms with E-state index in [9.17, 15) is 0 Å². The first-order valence-electron chi connectivity index (χ1n) is 7.06. The normalized spacial score (nSPS) is 12.2. The summed E-state index contributed by atoms with van der Waals surface area (Å²) < 4.78 is 5.34. The van der Waals surface area contributed by atoms with E-state index in [0.717, 1.165) is 42.6 Å². The van der Waals surface area contributed by atoms with Gasteiger partial charge in [0.1, 0.15) is 23.2 Å². The molecule has 0 aliphatic heterocycles. The van der Waals surface area contributed by atoms with Crippen molar-refractivity contribution in [1.29, 1.82) is 0 Å². The van der Waals surface area contributed by atoms with Gasteiger partial charge in [0.15, 0.2) is 0 Å². The Bertz CT molecular complexity index is 525. The van der Waals surface area contributed by atoms with Crippen LogP contribution >= 0.6 is 0 Å². The molecule has 0 amide bonds. The van der Waals surface area contributed by atoms with E-state index in [4.69, 9.17) is 4.42 Å². The fraction of sp³-hybridized carbons (Fsp3) is 0.467. The lowest BCUT2D eigenvalue weighted by atomic mass is 10.1. The van der Waals surface area contributed by atoms with Gasteiger partial charge in [0.05, 0.1) is 6.26 Å². The van der Waals surface area contributed by atoms with Crippen LogP contribution in [-0.2, 0) is 6.42 Å². The van der Waals surface area contributed by atoms with E-state index in [1.807, 2.05) is 25.1 Å². The third kappa shape index (κ3) is 4.26. The van der Waals surface area contributed by atoms with E-state index in [-0.39, 0.29) is 0 Å². The van der Waals surface area contributed by atoms with E-state index < -0.39 is 0 Å². The number of anilines is 2. The molecule has 0 aromatic carbocycles. The van der Waals surface area contributed by atoms with Crippen molar-refractivity contribution >= 4 is 11.6 Å². The highest BCUT2D eigenvalue weighted by molar-refractivity contribution is 5.47. The molecule has 0 bridgehead atoms. The molecule has 2 rings (SSSR count). The Morgan fingerprint density at radius 1 is 1.30 bits per heavy atom. The van der Waals surface area contributed by atoms with Gasteiger partial charge in [-0.2, -0.15) is 0 Å². The van der Waals surface area contributed by atoms with E-state index in [2.05, 4.69) is 34.4 Å². The predicted octanol–water partition coefficient (Wildman–Crippen LogP) is 3.24. The SMILES string of the molecule is CCNc1cc(NC(C)CCc2ccco2)nc(C)n1. The minimum Gasteiger partial charge on any atom is -0.469 e. The topological polar surface area (TPSA) is 63.0 Å². The Balaban J connectivity index is 1.91. The van der Waals surface area contributed by atoms with Gasteiger partial charge in [0, 0.05) is 25.1 Å². The van der Waals surface area contributed by atoms with E-state index in [1.54, 1.807) is 6.26 Å². The molecule has 20 heavy (non-hydrogen) atoms. The second-order valence-corrected chi connectivity index (χ2v) is 4.88. The molecule has 0 aliphatic rings. The van der Waals surface area contributed by atoms with Crippen molar-refractivity contribution in [2.45, 2.75) is 39.7 Å². The van der Waals surface area contributed by atoms with Crippen LogP contribution in [0.3, 0.4) is 0 Å². The number of aromatic nitrogens is 2. The summed E-state index contributed by atoms with van der Waals surface area (Å²) in [7, 11) is 0. The number of nitrogens with one attached hydrogen (secondary N) is 2. The third-order valence-electron chi connectivity index (χ3n) is 2.99. The summed E-state index contributed by atoms with van der Waals surface area (Å²) in [6.07, 6.45) is 3.63. The minimum absolute atomic E-state index is 0.323. The number of nitrogens with zero attached hydrogens (tertiary/aromatic N) is 2. The zero-order valence-electron chi connectivity index (χ0n) is 12.3. The summed E-state index contributed by atoms with van der Waals surface area (Å²) >= 11 is 0. The molecule has 0 aliphatic carbocycles. The van der Waals surface area contributed by atoms with Gasteiger partial charge in [-0.15, -0.1) is 0 Å². The molecule has 2 heterocycles. The summed E-state index contributed by atoms with van der Waals surface area (Å²) in [5.74, 6) is 3.51. The maximum atomic E-state index is 5.34. The van der Waals surface area contributed by atoms with Gasteiger partial charge < -0.3 is 15.1 Å². The Hall–Kier alpha value is -2.04. The second kappa shape index (κ2) is 6.93. The molecule has 5 nitrogen and oxygen atoms in total. The van der Waals surface area contributed by atoms with Gasteiger partial charge in [-0.1, -0.05) is 0 Å². The van der Waals surface area contributed by atoms with Crippen LogP contribution in [0.15, 0.2) is 28.9 Å². The zero-order valence-corrected chi connectivity index (χ0v) is 12.3. The van der Waals surface area contributed by atoms with E-state index in [0.29, 0.717) is 6.04 Å². The van der Waals surface area contributed by atoms with Crippen molar-refractivity contribution in [2.24, 2.45) is 0 Å².